The summed E-state index contributed by atoms with van der Waals surface area (Å²) in [5.74, 6) is 0.148. The monoisotopic (exact) mass is 924 g/mol. The molecule has 0 rings (SSSR count). The van der Waals surface area contributed by atoms with Crippen LogP contribution in [0.5, 0.6) is 0 Å². The molecule has 0 amide bonds. The summed E-state index contributed by atoms with van der Waals surface area (Å²) in [5.41, 5.74) is 0. The SMILES string of the molecule is CC(=O)CC(C)O.CC(=O)CC(C)O.CC(=O)CC(C)O.CC(=O)CC(C)O.CC(C)O.CCCCO.CCCCO.OCCOCCO.OCCOCCO.[Ti].[Ti]. The van der Waals surface area contributed by atoms with E-state index in [1.165, 1.54) is 27.7 Å². The number of hydrogen-bond acceptors (Lipinski definition) is 17. The second-order valence-electron chi connectivity index (χ2n) is 12.4. The van der Waals surface area contributed by atoms with Gasteiger partial charge in [-0.3, -0.25) is 19.2 Å². The van der Waals surface area contributed by atoms with Crippen molar-refractivity contribution in [2.75, 3.05) is 66.1 Å². The van der Waals surface area contributed by atoms with Crippen LogP contribution in [0.1, 0.15) is 134 Å². The molecule has 0 radical (unpaired) electrons. The van der Waals surface area contributed by atoms with Gasteiger partial charge in [0.1, 0.15) is 23.1 Å². The molecule has 0 saturated carbocycles. The summed E-state index contributed by atoms with van der Waals surface area (Å²) in [7, 11) is 0. The molecule has 0 aliphatic carbocycles. The van der Waals surface area contributed by atoms with Crippen LogP contribution in [0.25, 0.3) is 0 Å². The zero-order valence-corrected chi connectivity index (χ0v) is 41.1. The number of aliphatic hydroxyl groups excluding tert-OH is 11. The summed E-state index contributed by atoms with van der Waals surface area (Å²) in [6, 6.07) is 0. The third-order valence-electron chi connectivity index (χ3n) is 4.30. The average Bonchev–Trinajstić information content (AvgIpc) is 3.02. The van der Waals surface area contributed by atoms with Crippen molar-refractivity contribution < 1.29 is 128 Å². The summed E-state index contributed by atoms with van der Waals surface area (Å²) in [5, 5.41) is 90.5. The van der Waals surface area contributed by atoms with E-state index in [2.05, 4.69) is 23.3 Å². The Kier molecular flexibility index (Phi) is 118. The number of ketones is 4. The van der Waals surface area contributed by atoms with E-state index in [1.807, 2.05) is 0 Å². The normalized spacial score (nSPS) is 10.9. The number of unbranched alkanes of at least 4 members (excludes halogenated alkanes) is 2. The summed E-state index contributed by atoms with van der Waals surface area (Å²) in [6.07, 6.45) is 3.12. The van der Waals surface area contributed by atoms with Crippen molar-refractivity contribution in [3.05, 3.63) is 0 Å². The Morgan fingerprint density at radius 1 is 0.397 bits per heavy atom. The van der Waals surface area contributed by atoms with Crippen molar-refractivity contribution in [2.24, 2.45) is 0 Å². The van der Waals surface area contributed by atoms with Gasteiger partial charge in [0.25, 0.3) is 0 Å². The van der Waals surface area contributed by atoms with Crippen LogP contribution in [0, 0.1) is 0 Å². The standard InChI is InChI=1S/4C5H10O2.2C4H10O3.2C4H10O.C3H8O.2Ti/c4*1-4(6)3-5(2)7;2*5-1-3-7-4-2-6;2*1-2-3-4-5;1-3(2)4;;/h4*4,6H,3H2,1-2H3;2*5-6H,1-4H2;2*5H,2-4H2,1H3;3-4H,1-2H3;;. The van der Waals surface area contributed by atoms with Crippen LogP contribution in [0.4, 0.5) is 0 Å². The van der Waals surface area contributed by atoms with Gasteiger partial charge < -0.3 is 65.6 Å². The van der Waals surface area contributed by atoms with Gasteiger partial charge in [0.05, 0.1) is 77.3 Å². The van der Waals surface area contributed by atoms with Gasteiger partial charge in [-0.05, 0) is 82.1 Å². The molecule has 0 aliphatic heterocycles. The molecule has 0 saturated heterocycles. The Balaban J connectivity index is -0.0000000476. The predicted octanol–water partition coefficient (Wildman–Crippen LogP) is 1.30. The van der Waals surface area contributed by atoms with E-state index < -0.39 is 24.4 Å². The average molecular weight is 925 g/mol. The molecule has 0 aliphatic rings. The van der Waals surface area contributed by atoms with Crippen LogP contribution < -0.4 is 0 Å². The van der Waals surface area contributed by atoms with Crippen molar-refractivity contribution in [2.45, 2.75) is 165 Å². The van der Waals surface area contributed by atoms with Crippen LogP contribution >= 0.6 is 0 Å². The van der Waals surface area contributed by atoms with Crippen LogP contribution in [-0.2, 0) is 72.1 Å². The van der Waals surface area contributed by atoms with Crippen LogP contribution in [0.2, 0.25) is 0 Å². The number of aliphatic hydroxyl groups is 11. The van der Waals surface area contributed by atoms with Crippen molar-refractivity contribution >= 4 is 23.1 Å². The molecule has 0 bridgehead atoms. The minimum absolute atomic E-state index is 0. The van der Waals surface area contributed by atoms with Gasteiger partial charge in [0.15, 0.2) is 0 Å². The maximum atomic E-state index is 10.1. The smallest absolute Gasteiger partial charge is 0.132 e. The summed E-state index contributed by atoms with van der Waals surface area (Å²) < 4.78 is 9.26. The molecular formula is C39H88O17Ti2. The molecule has 0 fully saturated rings. The molecule has 0 heterocycles. The molecule has 4 unspecified atom stereocenters. The zero-order valence-electron chi connectivity index (χ0n) is 38.0. The molecule has 0 aromatic rings. The molecule has 0 aromatic carbocycles. The van der Waals surface area contributed by atoms with Gasteiger partial charge in [0.2, 0.25) is 0 Å². The van der Waals surface area contributed by atoms with E-state index in [0.717, 1.165) is 25.7 Å². The first-order valence-electron chi connectivity index (χ1n) is 19.1. The Hall–Kier alpha value is -0.411. The van der Waals surface area contributed by atoms with Crippen molar-refractivity contribution in [3.63, 3.8) is 0 Å². The van der Waals surface area contributed by atoms with E-state index in [1.54, 1.807) is 41.5 Å². The van der Waals surface area contributed by atoms with E-state index in [-0.39, 0.29) is 125 Å². The van der Waals surface area contributed by atoms with E-state index >= 15 is 0 Å². The second kappa shape index (κ2) is 80.6. The second-order valence-corrected chi connectivity index (χ2v) is 12.4. The molecule has 0 aromatic heterocycles. The number of ether oxygens (including phenoxy) is 2. The predicted molar refractivity (Wildman–Crippen MR) is 219 cm³/mol. The van der Waals surface area contributed by atoms with Crippen molar-refractivity contribution in [1.29, 1.82) is 0 Å². The fourth-order valence-electron chi connectivity index (χ4n) is 2.44. The molecular weight excluding hydrogens is 836 g/mol. The first-order chi connectivity index (χ1) is 25.9. The zero-order chi connectivity index (χ0) is 46.3. The van der Waals surface area contributed by atoms with Gasteiger partial charge in [-0.25, -0.2) is 0 Å². The Morgan fingerprint density at radius 3 is 0.586 bits per heavy atom. The first kappa shape index (κ1) is 85.0. The van der Waals surface area contributed by atoms with Gasteiger partial charge >= 0.3 is 0 Å². The molecule has 11 N–H and O–H groups in total. The third kappa shape index (κ3) is 218. The van der Waals surface area contributed by atoms with Gasteiger partial charge in [-0.15, -0.1) is 0 Å². The summed E-state index contributed by atoms with van der Waals surface area (Å²) >= 11 is 0. The fraction of sp³-hybridized carbons (Fsp3) is 0.897. The summed E-state index contributed by atoms with van der Waals surface area (Å²) in [4.78, 5) is 40.4. The first-order valence-corrected chi connectivity index (χ1v) is 19.1. The largest absolute Gasteiger partial charge is 0.396 e. The molecule has 0 spiro atoms. The van der Waals surface area contributed by atoms with Crippen molar-refractivity contribution in [3.8, 4) is 0 Å². The van der Waals surface area contributed by atoms with Crippen LogP contribution in [0.3, 0.4) is 0 Å². The quantitative estimate of drug-likeness (QED) is 0.0606. The molecule has 58 heavy (non-hydrogen) atoms. The third-order valence-corrected chi connectivity index (χ3v) is 4.30. The maximum absolute atomic E-state index is 10.1. The van der Waals surface area contributed by atoms with Crippen molar-refractivity contribution in [1.82, 2.24) is 0 Å². The molecule has 19 heteroatoms. The van der Waals surface area contributed by atoms with E-state index in [4.69, 9.17) is 56.2 Å². The minimum Gasteiger partial charge on any atom is -0.396 e. The van der Waals surface area contributed by atoms with Crippen LogP contribution in [0.15, 0.2) is 0 Å². The van der Waals surface area contributed by atoms with E-state index in [9.17, 15) is 19.2 Å². The Morgan fingerprint density at radius 2 is 0.552 bits per heavy atom. The number of Topliss-reactive ketones (excluding diaryl/α,β-unsaturated/α-hetero) is 4. The number of carbonyl (C=O) groups excluding carboxylic acids is 4. The molecule has 4 atom stereocenters. The van der Waals surface area contributed by atoms with Gasteiger partial charge in [0, 0.05) is 88.4 Å². The van der Waals surface area contributed by atoms with E-state index in [0.29, 0.717) is 39.6 Å². The fourth-order valence-corrected chi connectivity index (χ4v) is 2.44. The molecule has 17 nitrogen and oxygen atoms in total. The van der Waals surface area contributed by atoms with Gasteiger partial charge in [-0.2, -0.15) is 0 Å². The number of carbonyl (C=O) groups is 4. The molecule has 354 valence electrons. The minimum atomic E-state index is -0.475. The van der Waals surface area contributed by atoms with Gasteiger partial charge in [-0.1, -0.05) is 26.7 Å². The topological polar surface area (TPSA) is 309 Å². The number of rotatable bonds is 20. The summed E-state index contributed by atoms with van der Waals surface area (Å²) in [6.45, 7) is 21.9. The maximum Gasteiger partial charge on any atom is 0.132 e. The van der Waals surface area contributed by atoms with Crippen LogP contribution in [-0.4, -0.2) is 176 Å². The Labute approximate surface area is 380 Å². The number of hydrogen-bond donors (Lipinski definition) is 11. The Bertz CT molecular complexity index is 620.